The van der Waals surface area contributed by atoms with E-state index >= 15 is 0 Å². The van der Waals surface area contributed by atoms with Crippen molar-refractivity contribution in [3.8, 4) is 0 Å². The quantitative estimate of drug-likeness (QED) is 0.823. The highest BCUT2D eigenvalue weighted by Gasteiger charge is 2.13. The molecule has 106 valence electrons. The van der Waals surface area contributed by atoms with Gasteiger partial charge in [0.05, 0.1) is 16.4 Å². The maximum atomic E-state index is 13.4. The molecule has 0 fully saturated rings. The van der Waals surface area contributed by atoms with Gasteiger partial charge in [-0.25, -0.2) is 4.39 Å². The average Bonchev–Trinajstić information content (AvgIpc) is 2.44. The minimum absolute atomic E-state index is 0.100. The van der Waals surface area contributed by atoms with Gasteiger partial charge in [-0.15, -0.1) is 0 Å². The third kappa shape index (κ3) is 3.42. The molecule has 4 heteroatoms. The monoisotopic (exact) mass is 292 g/mol. The maximum absolute atomic E-state index is 13.4. The van der Waals surface area contributed by atoms with Crippen LogP contribution in [0.4, 0.5) is 15.8 Å². The van der Waals surface area contributed by atoms with Crippen LogP contribution in [0.25, 0.3) is 0 Å². The molecule has 20 heavy (non-hydrogen) atoms. The molecule has 0 amide bonds. The summed E-state index contributed by atoms with van der Waals surface area (Å²) in [5.41, 5.74) is 8.31. The second-order valence-corrected chi connectivity index (χ2v) is 5.14. The largest absolute Gasteiger partial charge is 0.397 e. The fraction of sp³-hybridized carbons (Fsp3) is 0.250. The summed E-state index contributed by atoms with van der Waals surface area (Å²) in [6, 6.07) is 13.0. The number of hydrogen-bond acceptors (Lipinski definition) is 2. The third-order valence-corrected chi connectivity index (χ3v) is 3.41. The Balaban J connectivity index is 2.31. The molecule has 0 atom stereocenters. The van der Waals surface area contributed by atoms with Crippen molar-refractivity contribution < 1.29 is 4.39 Å². The molecule has 0 saturated carbocycles. The highest BCUT2D eigenvalue weighted by Crippen LogP contribution is 2.30. The van der Waals surface area contributed by atoms with Crippen molar-refractivity contribution in [2.45, 2.75) is 19.9 Å². The third-order valence-electron chi connectivity index (χ3n) is 3.12. The van der Waals surface area contributed by atoms with Gasteiger partial charge < -0.3 is 10.6 Å². The molecule has 0 saturated heterocycles. The van der Waals surface area contributed by atoms with Gasteiger partial charge in [-0.3, -0.25) is 0 Å². The Kier molecular flexibility index (Phi) is 4.85. The normalized spacial score (nSPS) is 10.6. The maximum Gasteiger partial charge on any atom is 0.143 e. The zero-order valence-corrected chi connectivity index (χ0v) is 12.2. The molecule has 2 aromatic carbocycles. The first kappa shape index (κ1) is 14.7. The first-order valence-electron chi connectivity index (χ1n) is 6.65. The minimum atomic E-state index is -0.482. The van der Waals surface area contributed by atoms with E-state index in [1.54, 1.807) is 6.07 Å². The topological polar surface area (TPSA) is 29.3 Å². The number of nitrogen functional groups attached to an aromatic ring is 1. The van der Waals surface area contributed by atoms with Crippen LogP contribution in [0, 0.1) is 5.82 Å². The molecule has 2 aromatic rings. The molecular weight excluding hydrogens is 275 g/mol. The Morgan fingerprint density at radius 3 is 2.55 bits per heavy atom. The van der Waals surface area contributed by atoms with E-state index in [1.807, 2.05) is 18.2 Å². The second kappa shape index (κ2) is 6.62. The van der Waals surface area contributed by atoms with Crippen LogP contribution >= 0.6 is 11.6 Å². The molecule has 0 spiro atoms. The number of halogens is 2. The lowest BCUT2D eigenvalue weighted by atomic mass is 10.1. The van der Waals surface area contributed by atoms with E-state index in [4.69, 9.17) is 17.3 Å². The highest BCUT2D eigenvalue weighted by molar-refractivity contribution is 6.31. The lowest BCUT2D eigenvalue weighted by molar-refractivity contribution is 0.628. The van der Waals surface area contributed by atoms with Gasteiger partial charge >= 0.3 is 0 Å². The Labute approximate surface area is 124 Å². The van der Waals surface area contributed by atoms with Crippen molar-refractivity contribution in [2.75, 3.05) is 17.2 Å². The van der Waals surface area contributed by atoms with Gasteiger partial charge in [0.15, 0.2) is 0 Å². The highest BCUT2D eigenvalue weighted by atomic mass is 35.5. The Bertz CT molecular complexity index is 572. The fourth-order valence-corrected chi connectivity index (χ4v) is 2.34. The van der Waals surface area contributed by atoms with E-state index in [-0.39, 0.29) is 5.02 Å². The van der Waals surface area contributed by atoms with Gasteiger partial charge in [-0.05, 0) is 18.1 Å². The van der Waals surface area contributed by atoms with Crippen LogP contribution in [0.2, 0.25) is 5.02 Å². The lowest BCUT2D eigenvalue weighted by Gasteiger charge is -2.26. The molecule has 0 aliphatic rings. The van der Waals surface area contributed by atoms with E-state index in [0.29, 0.717) is 5.69 Å². The molecule has 0 aromatic heterocycles. The SMILES string of the molecule is CCCN(Cc1ccccc1)c1cc(Cl)c(F)cc1N. The van der Waals surface area contributed by atoms with E-state index in [2.05, 4.69) is 24.0 Å². The van der Waals surface area contributed by atoms with Crippen LogP contribution in [0.5, 0.6) is 0 Å². The van der Waals surface area contributed by atoms with Crippen molar-refractivity contribution in [1.29, 1.82) is 0 Å². The van der Waals surface area contributed by atoms with Gasteiger partial charge in [0.2, 0.25) is 0 Å². The molecule has 2 nitrogen and oxygen atoms in total. The summed E-state index contributed by atoms with van der Waals surface area (Å²) in [7, 11) is 0. The summed E-state index contributed by atoms with van der Waals surface area (Å²) in [4.78, 5) is 2.12. The molecule has 0 aliphatic heterocycles. The molecular formula is C16H18ClFN2. The zero-order chi connectivity index (χ0) is 14.5. The van der Waals surface area contributed by atoms with Crippen LogP contribution in [0.15, 0.2) is 42.5 Å². The summed E-state index contributed by atoms with van der Waals surface area (Å²) in [6.07, 6.45) is 0.973. The lowest BCUT2D eigenvalue weighted by Crippen LogP contribution is -2.24. The van der Waals surface area contributed by atoms with Gasteiger partial charge in [0.1, 0.15) is 5.82 Å². The van der Waals surface area contributed by atoms with Gasteiger partial charge in [0.25, 0.3) is 0 Å². The van der Waals surface area contributed by atoms with Gasteiger partial charge in [-0.1, -0.05) is 48.9 Å². The van der Waals surface area contributed by atoms with Gasteiger partial charge in [-0.2, -0.15) is 0 Å². The van der Waals surface area contributed by atoms with Crippen molar-refractivity contribution in [3.05, 3.63) is 58.9 Å². The molecule has 0 heterocycles. The van der Waals surface area contributed by atoms with Crippen molar-refractivity contribution in [1.82, 2.24) is 0 Å². The predicted octanol–water partition coefficient (Wildman–Crippen LogP) is 4.48. The Morgan fingerprint density at radius 1 is 1.20 bits per heavy atom. The van der Waals surface area contributed by atoms with E-state index in [0.717, 1.165) is 25.2 Å². The summed E-state index contributed by atoms with van der Waals surface area (Å²) in [6.45, 7) is 3.65. The van der Waals surface area contributed by atoms with Crippen molar-refractivity contribution >= 4 is 23.0 Å². The molecule has 0 aliphatic carbocycles. The van der Waals surface area contributed by atoms with Crippen LogP contribution in [-0.2, 0) is 6.54 Å². The van der Waals surface area contributed by atoms with Crippen molar-refractivity contribution in [3.63, 3.8) is 0 Å². The first-order valence-corrected chi connectivity index (χ1v) is 7.03. The van der Waals surface area contributed by atoms with Crippen LogP contribution in [-0.4, -0.2) is 6.54 Å². The second-order valence-electron chi connectivity index (χ2n) is 4.73. The summed E-state index contributed by atoms with van der Waals surface area (Å²) >= 11 is 5.88. The first-order chi connectivity index (χ1) is 9.61. The molecule has 0 bridgehead atoms. The average molecular weight is 293 g/mol. The number of anilines is 2. The molecule has 2 rings (SSSR count). The molecule has 0 radical (unpaired) electrons. The Morgan fingerprint density at radius 2 is 1.90 bits per heavy atom. The van der Waals surface area contributed by atoms with Crippen LogP contribution < -0.4 is 10.6 Å². The predicted molar refractivity (Wildman–Crippen MR) is 83.6 cm³/mol. The summed E-state index contributed by atoms with van der Waals surface area (Å²) in [5.74, 6) is -0.482. The van der Waals surface area contributed by atoms with E-state index in [9.17, 15) is 4.39 Å². The fourth-order valence-electron chi connectivity index (χ4n) is 2.18. The number of rotatable bonds is 5. The van der Waals surface area contributed by atoms with Crippen LogP contribution in [0.1, 0.15) is 18.9 Å². The number of nitrogens with two attached hydrogens (primary N) is 1. The zero-order valence-electron chi connectivity index (χ0n) is 11.4. The number of nitrogens with zero attached hydrogens (tertiary/aromatic N) is 1. The number of hydrogen-bond donors (Lipinski definition) is 1. The molecule has 0 unspecified atom stereocenters. The van der Waals surface area contributed by atoms with Crippen LogP contribution in [0.3, 0.4) is 0 Å². The standard InChI is InChI=1S/C16H18ClFN2/c1-2-8-20(11-12-6-4-3-5-7-12)16-9-13(17)14(18)10-15(16)19/h3-7,9-10H,2,8,11,19H2,1H3. The summed E-state index contributed by atoms with van der Waals surface area (Å²) < 4.78 is 13.4. The smallest absolute Gasteiger partial charge is 0.143 e. The Hall–Kier alpha value is -1.74. The summed E-state index contributed by atoms with van der Waals surface area (Å²) in [5, 5.41) is 0.100. The van der Waals surface area contributed by atoms with Crippen molar-refractivity contribution in [2.24, 2.45) is 0 Å². The molecule has 2 N–H and O–H groups in total. The van der Waals surface area contributed by atoms with E-state index < -0.39 is 5.82 Å². The minimum Gasteiger partial charge on any atom is -0.397 e. The van der Waals surface area contributed by atoms with Gasteiger partial charge in [0, 0.05) is 19.2 Å². The number of benzene rings is 2. The van der Waals surface area contributed by atoms with E-state index in [1.165, 1.54) is 11.6 Å².